The van der Waals surface area contributed by atoms with E-state index in [-0.39, 0.29) is 0 Å². The highest BCUT2D eigenvalue weighted by Crippen LogP contribution is 2.21. The summed E-state index contributed by atoms with van der Waals surface area (Å²) in [7, 11) is 0. The Morgan fingerprint density at radius 2 is 1.88 bits per heavy atom. The SMILES string of the molecule is c1cc(-c2ccc(CNC3CC3)cc2)co1. The fourth-order valence-electron chi connectivity index (χ4n) is 1.79. The highest BCUT2D eigenvalue weighted by Gasteiger charge is 2.19. The molecule has 0 aliphatic heterocycles. The van der Waals surface area contributed by atoms with Gasteiger partial charge in [-0.05, 0) is 30.0 Å². The van der Waals surface area contributed by atoms with Crippen LogP contribution in [-0.4, -0.2) is 6.04 Å². The van der Waals surface area contributed by atoms with Crippen LogP contribution in [0.2, 0.25) is 0 Å². The second kappa shape index (κ2) is 4.14. The van der Waals surface area contributed by atoms with Gasteiger partial charge >= 0.3 is 0 Å². The van der Waals surface area contributed by atoms with E-state index in [1.807, 2.05) is 6.07 Å². The first-order valence-electron chi connectivity index (χ1n) is 5.77. The molecule has 1 fully saturated rings. The van der Waals surface area contributed by atoms with Crippen LogP contribution in [0.3, 0.4) is 0 Å². The topological polar surface area (TPSA) is 25.2 Å². The molecule has 2 nitrogen and oxygen atoms in total. The summed E-state index contributed by atoms with van der Waals surface area (Å²) in [5.74, 6) is 0. The van der Waals surface area contributed by atoms with Crippen LogP contribution < -0.4 is 5.32 Å². The van der Waals surface area contributed by atoms with E-state index in [9.17, 15) is 0 Å². The minimum Gasteiger partial charge on any atom is -0.472 e. The standard InChI is InChI=1S/C14H15NO/c1-3-12(13-7-8-16-10-13)4-2-11(1)9-15-14-5-6-14/h1-4,7-8,10,14-15H,5-6,9H2. The van der Waals surface area contributed by atoms with E-state index >= 15 is 0 Å². The Hall–Kier alpha value is -1.54. The van der Waals surface area contributed by atoms with Gasteiger partial charge in [-0.2, -0.15) is 0 Å². The third-order valence-corrected chi connectivity index (χ3v) is 2.98. The molecular formula is C14H15NO. The molecule has 16 heavy (non-hydrogen) atoms. The van der Waals surface area contributed by atoms with Crippen LogP contribution in [0.5, 0.6) is 0 Å². The molecule has 1 N–H and O–H groups in total. The first-order valence-corrected chi connectivity index (χ1v) is 5.77. The lowest BCUT2D eigenvalue weighted by Crippen LogP contribution is -2.14. The molecule has 1 aromatic heterocycles. The molecule has 2 aromatic rings. The summed E-state index contributed by atoms with van der Waals surface area (Å²) < 4.78 is 5.07. The molecule has 3 rings (SSSR count). The van der Waals surface area contributed by atoms with Gasteiger partial charge in [-0.3, -0.25) is 0 Å². The predicted molar refractivity (Wildman–Crippen MR) is 64.0 cm³/mol. The summed E-state index contributed by atoms with van der Waals surface area (Å²) in [6.07, 6.45) is 6.16. The summed E-state index contributed by atoms with van der Waals surface area (Å²) in [5, 5.41) is 3.51. The summed E-state index contributed by atoms with van der Waals surface area (Å²) in [5.41, 5.74) is 3.70. The predicted octanol–water partition coefficient (Wildman–Crippen LogP) is 3.20. The summed E-state index contributed by atoms with van der Waals surface area (Å²) in [6, 6.07) is 11.4. The molecule has 0 spiro atoms. The largest absolute Gasteiger partial charge is 0.472 e. The van der Waals surface area contributed by atoms with Crippen molar-refractivity contribution in [2.75, 3.05) is 0 Å². The van der Waals surface area contributed by atoms with Crippen molar-refractivity contribution in [1.82, 2.24) is 5.32 Å². The van der Waals surface area contributed by atoms with Gasteiger partial charge < -0.3 is 9.73 Å². The maximum absolute atomic E-state index is 5.07. The Morgan fingerprint density at radius 1 is 1.06 bits per heavy atom. The Bertz CT molecular complexity index is 440. The third kappa shape index (κ3) is 2.17. The lowest BCUT2D eigenvalue weighted by Gasteiger charge is -2.04. The normalized spacial score (nSPS) is 15.2. The average Bonchev–Trinajstić information content (AvgIpc) is 3.00. The number of nitrogens with one attached hydrogen (secondary N) is 1. The number of rotatable bonds is 4. The van der Waals surface area contributed by atoms with E-state index < -0.39 is 0 Å². The van der Waals surface area contributed by atoms with Gasteiger partial charge in [0.25, 0.3) is 0 Å². The molecule has 0 unspecified atom stereocenters. The Balaban J connectivity index is 1.69. The van der Waals surface area contributed by atoms with Crippen LogP contribution in [-0.2, 0) is 6.54 Å². The second-order valence-corrected chi connectivity index (χ2v) is 4.36. The number of hydrogen-bond acceptors (Lipinski definition) is 2. The smallest absolute Gasteiger partial charge is 0.0980 e. The maximum atomic E-state index is 5.07. The van der Waals surface area contributed by atoms with Gasteiger partial charge in [0.1, 0.15) is 0 Å². The van der Waals surface area contributed by atoms with Crippen molar-refractivity contribution >= 4 is 0 Å². The van der Waals surface area contributed by atoms with Crippen molar-refractivity contribution in [2.45, 2.75) is 25.4 Å². The van der Waals surface area contributed by atoms with Crippen LogP contribution in [0.25, 0.3) is 11.1 Å². The van der Waals surface area contributed by atoms with Crippen LogP contribution in [0.15, 0.2) is 47.3 Å². The van der Waals surface area contributed by atoms with Gasteiger partial charge in [0.05, 0.1) is 12.5 Å². The molecule has 0 bridgehead atoms. The first kappa shape index (κ1) is 9.67. The molecule has 0 saturated heterocycles. The Labute approximate surface area is 95.3 Å². The Morgan fingerprint density at radius 3 is 2.50 bits per heavy atom. The minimum atomic E-state index is 0.772. The zero-order valence-corrected chi connectivity index (χ0v) is 9.15. The van der Waals surface area contributed by atoms with Crippen LogP contribution in [0.1, 0.15) is 18.4 Å². The molecule has 1 heterocycles. The first-order chi connectivity index (χ1) is 7.92. The molecule has 0 amide bonds. The van der Waals surface area contributed by atoms with Crippen LogP contribution in [0, 0.1) is 0 Å². The van der Waals surface area contributed by atoms with Gasteiger partial charge in [0, 0.05) is 18.2 Å². The van der Waals surface area contributed by atoms with Crippen molar-refractivity contribution < 1.29 is 4.42 Å². The van der Waals surface area contributed by atoms with Crippen LogP contribution >= 0.6 is 0 Å². The molecule has 1 saturated carbocycles. The molecule has 1 aromatic carbocycles. The van der Waals surface area contributed by atoms with Gasteiger partial charge in [-0.15, -0.1) is 0 Å². The molecule has 1 aliphatic rings. The Kier molecular flexibility index (Phi) is 2.50. The maximum Gasteiger partial charge on any atom is 0.0980 e. The zero-order chi connectivity index (χ0) is 10.8. The molecule has 1 aliphatic carbocycles. The fourth-order valence-corrected chi connectivity index (χ4v) is 1.79. The molecule has 0 atom stereocenters. The van der Waals surface area contributed by atoms with Gasteiger partial charge in [0.15, 0.2) is 0 Å². The molecular weight excluding hydrogens is 198 g/mol. The summed E-state index contributed by atoms with van der Waals surface area (Å²) >= 11 is 0. The average molecular weight is 213 g/mol. The fraction of sp³-hybridized carbons (Fsp3) is 0.286. The number of furan rings is 1. The van der Waals surface area contributed by atoms with E-state index in [0.29, 0.717) is 0 Å². The quantitative estimate of drug-likeness (QED) is 0.843. The number of benzene rings is 1. The van der Waals surface area contributed by atoms with Gasteiger partial charge in [0.2, 0.25) is 0 Å². The van der Waals surface area contributed by atoms with Crippen molar-refractivity contribution in [2.24, 2.45) is 0 Å². The monoisotopic (exact) mass is 213 g/mol. The highest BCUT2D eigenvalue weighted by atomic mass is 16.3. The van der Waals surface area contributed by atoms with Crippen molar-refractivity contribution in [3.8, 4) is 11.1 Å². The van der Waals surface area contributed by atoms with E-state index in [4.69, 9.17) is 4.42 Å². The van der Waals surface area contributed by atoms with E-state index in [1.165, 1.54) is 24.0 Å². The highest BCUT2D eigenvalue weighted by molar-refractivity contribution is 5.62. The molecule has 0 radical (unpaired) electrons. The van der Waals surface area contributed by atoms with Crippen LogP contribution in [0.4, 0.5) is 0 Å². The van der Waals surface area contributed by atoms with E-state index in [2.05, 4.69) is 29.6 Å². The summed E-state index contributed by atoms with van der Waals surface area (Å²) in [4.78, 5) is 0. The van der Waals surface area contributed by atoms with Gasteiger partial charge in [-0.1, -0.05) is 24.3 Å². The number of hydrogen-bond donors (Lipinski definition) is 1. The van der Waals surface area contributed by atoms with Crippen molar-refractivity contribution in [3.63, 3.8) is 0 Å². The minimum absolute atomic E-state index is 0.772. The van der Waals surface area contributed by atoms with E-state index in [0.717, 1.165) is 18.2 Å². The van der Waals surface area contributed by atoms with E-state index in [1.54, 1.807) is 12.5 Å². The lowest BCUT2D eigenvalue weighted by molar-refractivity contribution is 0.568. The van der Waals surface area contributed by atoms with Crippen molar-refractivity contribution in [1.29, 1.82) is 0 Å². The second-order valence-electron chi connectivity index (χ2n) is 4.36. The van der Waals surface area contributed by atoms with Crippen molar-refractivity contribution in [3.05, 3.63) is 48.4 Å². The lowest BCUT2D eigenvalue weighted by atomic mass is 10.1. The zero-order valence-electron chi connectivity index (χ0n) is 9.15. The summed E-state index contributed by atoms with van der Waals surface area (Å²) in [6.45, 7) is 0.982. The van der Waals surface area contributed by atoms with Gasteiger partial charge in [-0.25, -0.2) is 0 Å². The molecule has 82 valence electrons. The third-order valence-electron chi connectivity index (χ3n) is 2.98. The molecule has 2 heteroatoms.